The lowest BCUT2D eigenvalue weighted by molar-refractivity contribution is -0.0298. The normalized spacial score (nSPS) is 19.5. The molecule has 0 fully saturated rings. The van der Waals surface area contributed by atoms with Gasteiger partial charge < -0.3 is 5.11 Å². The van der Waals surface area contributed by atoms with Crippen LogP contribution in [0.1, 0.15) is 41.5 Å². The fourth-order valence-corrected chi connectivity index (χ4v) is 1.65. The molecule has 2 unspecified atom stereocenters. The molecule has 0 aliphatic heterocycles. The molecule has 0 radical (unpaired) electrons. The summed E-state index contributed by atoms with van der Waals surface area (Å²) in [6.45, 7) is 12.2. The van der Waals surface area contributed by atoms with Crippen LogP contribution in [0.15, 0.2) is 12.2 Å². The van der Waals surface area contributed by atoms with Crippen LogP contribution in [0.3, 0.4) is 0 Å². The number of aliphatic hydroxyl groups is 1. The molecular weight excluding hydrogens is 188 g/mol. The predicted molar refractivity (Wildman–Crippen MR) is 65.2 cm³/mol. The third-order valence-corrected chi connectivity index (χ3v) is 3.58. The molecule has 0 heterocycles. The molecule has 0 aromatic rings. The number of hydrogen-bond donors (Lipinski definition) is 3. The van der Waals surface area contributed by atoms with Gasteiger partial charge >= 0.3 is 0 Å². The molecule has 0 aromatic heterocycles. The van der Waals surface area contributed by atoms with Gasteiger partial charge in [0.1, 0.15) is 0 Å². The van der Waals surface area contributed by atoms with Gasteiger partial charge in [-0.3, -0.25) is 5.84 Å². The maximum Gasteiger partial charge on any atom is 0.0820 e. The van der Waals surface area contributed by atoms with Gasteiger partial charge in [0.05, 0.1) is 11.6 Å². The lowest BCUT2D eigenvalue weighted by Crippen LogP contribution is -2.59. The highest BCUT2D eigenvalue weighted by Crippen LogP contribution is 2.35. The summed E-state index contributed by atoms with van der Waals surface area (Å²) in [5.41, 5.74) is 1.93. The first-order valence-corrected chi connectivity index (χ1v) is 5.52. The highest BCUT2D eigenvalue weighted by atomic mass is 16.3. The van der Waals surface area contributed by atoms with E-state index in [2.05, 4.69) is 33.1 Å². The summed E-state index contributed by atoms with van der Waals surface area (Å²) < 4.78 is 0. The Balaban J connectivity index is 5.03. The summed E-state index contributed by atoms with van der Waals surface area (Å²) in [5.74, 6) is 5.91. The van der Waals surface area contributed by atoms with Crippen molar-refractivity contribution >= 4 is 0 Å². The van der Waals surface area contributed by atoms with Gasteiger partial charge in [-0.2, -0.15) is 0 Å². The maximum absolute atomic E-state index is 10.4. The Morgan fingerprint density at radius 3 is 2.00 bits per heavy atom. The molecular formula is C12H26N2O. The average molecular weight is 214 g/mol. The second-order valence-electron chi connectivity index (χ2n) is 5.31. The predicted octanol–water partition coefficient (Wildman–Crippen LogP) is 1.83. The summed E-state index contributed by atoms with van der Waals surface area (Å²) in [6.07, 6.45) is 3.27. The zero-order valence-electron chi connectivity index (χ0n) is 10.8. The van der Waals surface area contributed by atoms with Crippen molar-refractivity contribution < 1.29 is 5.11 Å². The van der Waals surface area contributed by atoms with Gasteiger partial charge in [0, 0.05) is 0 Å². The monoisotopic (exact) mass is 214 g/mol. The van der Waals surface area contributed by atoms with Crippen molar-refractivity contribution in [2.24, 2.45) is 17.2 Å². The van der Waals surface area contributed by atoms with Crippen molar-refractivity contribution in [3.8, 4) is 0 Å². The number of allylic oxidation sites excluding steroid dienone is 1. The molecule has 0 aliphatic rings. The molecule has 2 atom stereocenters. The quantitative estimate of drug-likeness (QED) is 0.372. The van der Waals surface area contributed by atoms with Gasteiger partial charge in [-0.05, 0) is 25.2 Å². The Morgan fingerprint density at radius 1 is 1.27 bits per heavy atom. The minimum Gasteiger partial charge on any atom is -0.390 e. The molecule has 0 aliphatic carbocycles. The smallest absolute Gasteiger partial charge is 0.0820 e. The van der Waals surface area contributed by atoms with Crippen LogP contribution < -0.4 is 11.3 Å². The van der Waals surface area contributed by atoms with Crippen LogP contribution in [0.25, 0.3) is 0 Å². The molecule has 0 saturated carbocycles. The van der Waals surface area contributed by atoms with Gasteiger partial charge in [0.15, 0.2) is 0 Å². The summed E-state index contributed by atoms with van der Waals surface area (Å²) in [7, 11) is 0. The average Bonchev–Trinajstić information content (AvgIpc) is 2.16. The van der Waals surface area contributed by atoms with E-state index in [0.717, 1.165) is 0 Å². The maximum atomic E-state index is 10.4. The van der Waals surface area contributed by atoms with E-state index in [0.29, 0.717) is 5.92 Å². The van der Waals surface area contributed by atoms with E-state index in [1.807, 2.05) is 26.0 Å². The summed E-state index contributed by atoms with van der Waals surface area (Å²) in [6, 6.07) is 0. The highest BCUT2D eigenvalue weighted by Gasteiger charge is 2.42. The summed E-state index contributed by atoms with van der Waals surface area (Å²) in [5, 5.41) is 10.4. The van der Waals surface area contributed by atoms with Crippen LogP contribution in [-0.4, -0.2) is 16.7 Å². The highest BCUT2D eigenvalue weighted by molar-refractivity contribution is 5.10. The molecule has 3 heteroatoms. The second kappa shape index (κ2) is 5.10. The topological polar surface area (TPSA) is 58.3 Å². The SMILES string of the molecule is CC=CC(C)(NN)C(O)C(C)(C)C(C)C. The van der Waals surface area contributed by atoms with Crippen LogP contribution in [-0.2, 0) is 0 Å². The van der Waals surface area contributed by atoms with Gasteiger partial charge in [0.2, 0.25) is 0 Å². The van der Waals surface area contributed by atoms with Gasteiger partial charge in [-0.1, -0.05) is 39.8 Å². The van der Waals surface area contributed by atoms with Crippen LogP contribution in [0, 0.1) is 11.3 Å². The van der Waals surface area contributed by atoms with Crippen molar-refractivity contribution in [1.29, 1.82) is 0 Å². The molecule has 0 saturated heterocycles. The molecule has 3 nitrogen and oxygen atoms in total. The Bertz CT molecular complexity index is 224. The third kappa shape index (κ3) is 3.03. The molecule has 90 valence electrons. The largest absolute Gasteiger partial charge is 0.390 e. The summed E-state index contributed by atoms with van der Waals surface area (Å²) >= 11 is 0. The van der Waals surface area contributed by atoms with Crippen molar-refractivity contribution in [2.45, 2.75) is 53.2 Å². The van der Waals surface area contributed by atoms with E-state index >= 15 is 0 Å². The first kappa shape index (κ1) is 14.6. The first-order chi connectivity index (χ1) is 6.72. The van der Waals surface area contributed by atoms with E-state index in [1.54, 1.807) is 0 Å². The van der Waals surface area contributed by atoms with Crippen LogP contribution in [0.2, 0.25) is 0 Å². The van der Waals surface area contributed by atoms with Gasteiger partial charge in [-0.15, -0.1) is 0 Å². The minimum absolute atomic E-state index is 0.194. The lowest BCUT2D eigenvalue weighted by Gasteiger charge is -2.43. The van der Waals surface area contributed by atoms with Crippen molar-refractivity contribution in [3.05, 3.63) is 12.2 Å². The zero-order valence-corrected chi connectivity index (χ0v) is 10.8. The van der Waals surface area contributed by atoms with E-state index in [9.17, 15) is 5.11 Å². The lowest BCUT2D eigenvalue weighted by atomic mass is 9.69. The van der Waals surface area contributed by atoms with Crippen LogP contribution in [0.5, 0.6) is 0 Å². The Kier molecular flexibility index (Phi) is 4.97. The second-order valence-corrected chi connectivity index (χ2v) is 5.31. The first-order valence-electron chi connectivity index (χ1n) is 5.52. The van der Waals surface area contributed by atoms with E-state index in [4.69, 9.17) is 5.84 Å². The zero-order chi connectivity index (χ0) is 12.3. The molecule has 0 rings (SSSR count). The Morgan fingerprint density at radius 2 is 1.73 bits per heavy atom. The molecule has 0 bridgehead atoms. The molecule has 0 aromatic carbocycles. The fraction of sp³-hybridized carbons (Fsp3) is 0.833. The number of hydrogen-bond acceptors (Lipinski definition) is 3. The van der Waals surface area contributed by atoms with Crippen molar-refractivity contribution in [1.82, 2.24) is 5.43 Å². The van der Waals surface area contributed by atoms with Crippen LogP contribution >= 0.6 is 0 Å². The number of nitrogens with two attached hydrogens (primary N) is 1. The molecule has 0 spiro atoms. The van der Waals surface area contributed by atoms with Gasteiger partial charge in [0.25, 0.3) is 0 Å². The van der Waals surface area contributed by atoms with Crippen molar-refractivity contribution in [2.75, 3.05) is 0 Å². The van der Waals surface area contributed by atoms with E-state index in [1.165, 1.54) is 0 Å². The van der Waals surface area contributed by atoms with Gasteiger partial charge in [-0.25, -0.2) is 5.43 Å². The molecule has 0 amide bonds. The Hall–Kier alpha value is -0.380. The van der Waals surface area contributed by atoms with E-state index < -0.39 is 11.6 Å². The number of rotatable bonds is 5. The Labute approximate surface area is 93.7 Å². The third-order valence-electron chi connectivity index (χ3n) is 3.58. The molecule has 15 heavy (non-hydrogen) atoms. The minimum atomic E-state index is -0.581. The summed E-state index contributed by atoms with van der Waals surface area (Å²) in [4.78, 5) is 0. The standard InChI is InChI=1S/C12H26N2O/c1-7-8-12(6,14-13)10(15)11(4,5)9(2)3/h7-10,14-15H,13H2,1-6H3. The number of aliphatic hydroxyl groups excluding tert-OH is 1. The number of nitrogens with one attached hydrogen (secondary N) is 1. The van der Waals surface area contributed by atoms with Crippen LogP contribution in [0.4, 0.5) is 0 Å². The van der Waals surface area contributed by atoms with Crippen molar-refractivity contribution in [3.63, 3.8) is 0 Å². The fourth-order valence-electron chi connectivity index (χ4n) is 1.65. The van der Waals surface area contributed by atoms with E-state index in [-0.39, 0.29) is 5.41 Å². The molecule has 4 N–H and O–H groups in total. The number of hydrazine groups is 1.